The second kappa shape index (κ2) is 6.21. The molecule has 0 unspecified atom stereocenters. The van der Waals surface area contributed by atoms with Crippen LogP contribution in [0.4, 0.5) is 5.69 Å². The third-order valence-electron chi connectivity index (χ3n) is 3.09. The Morgan fingerprint density at radius 1 is 1.47 bits per heavy atom. The van der Waals surface area contributed by atoms with Crippen molar-refractivity contribution in [3.05, 3.63) is 39.9 Å². The number of amides is 1. The largest absolute Gasteiger partial charge is 0.399 e. The number of hydrogen-bond donors (Lipinski definition) is 1. The lowest BCUT2D eigenvalue weighted by Crippen LogP contribution is -2.35. The van der Waals surface area contributed by atoms with E-state index in [0.29, 0.717) is 24.4 Å². The fourth-order valence-corrected chi connectivity index (χ4v) is 2.64. The van der Waals surface area contributed by atoms with Gasteiger partial charge in [0.1, 0.15) is 0 Å². The van der Waals surface area contributed by atoms with Gasteiger partial charge in [0.05, 0.1) is 6.61 Å². The van der Waals surface area contributed by atoms with E-state index in [2.05, 4.69) is 22.0 Å². The number of ether oxygens (including phenoxy) is 1. The summed E-state index contributed by atoms with van der Waals surface area (Å²) in [5.74, 6) is 0.0146. The van der Waals surface area contributed by atoms with Gasteiger partial charge in [0, 0.05) is 35.9 Å². The highest BCUT2D eigenvalue weighted by Gasteiger charge is 2.19. The fourth-order valence-electron chi connectivity index (χ4n) is 2.13. The quantitative estimate of drug-likeness (QED) is 0.686. The second-order valence-corrected chi connectivity index (χ2v) is 5.49. The van der Waals surface area contributed by atoms with Gasteiger partial charge in [-0.05, 0) is 30.2 Å². The van der Waals surface area contributed by atoms with Crippen molar-refractivity contribution in [1.29, 1.82) is 0 Å². The first-order valence-corrected chi connectivity index (χ1v) is 6.91. The molecule has 102 valence electrons. The monoisotopic (exact) mass is 324 g/mol. The maximum absolute atomic E-state index is 12.4. The number of halogens is 1. The van der Waals surface area contributed by atoms with Gasteiger partial charge in [-0.1, -0.05) is 22.0 Å². The number of rotatable bonds is 3. The molecule has 5 heteroatoms. The molecule has 0 radical (unpaired) electrons. The Balaban J connectivity index is 2.09. The van der Waals surface area contributed by atoms with Crippen LogP contribution >= 0.6 is 15.9 Å². The summed E-state index contributed by atoms with van der Waals surface area (Å²) in [6, 6.07) is 5.29. The summed E-state index contributed by atoms with van der Waals surface area (Å²) in [7, 11) is 1.68. The lowest BCUT2D eigenvalue weighted by atomic mass is 10.1. The molecule has 19 heavy (non-hydrogen) atoms. The standard InChI is InChI=1S/C14H17BrN2O2/c1-19-9-10-2-4-17(5-3-10)14(18)11-6-12(15)8-13(16)7-11/h2,6-8H,3-5,9,16H2,1H3. The molecular formula is C14H17BrN2O2. The van der Waals surface area contributed by atoms with Crippen LogP contribution < -0.4 is 5.73 Å². The Morgan fingerprint density at radius 3 is 2.84 bits per heavy atom. The summed E-state index contributed by atoms with van der Waals surface area (Å²) < 4.78 is 5.92. The van der Waals surface area contributed by atoms with Crippen LogP contribution in [0.2, 0.25) is 0 Å². The lowest BCUT2D eigenvalue weighted by molar-refractivity contribution is 0.0765. The van der Waals surface area contributed by atoms with Gasteiger partial charge in [-0.3, -0.25) is 4.79 Å². The zero-order valence-corrected chi connectivity index (χ0v) is 12.4. The first-order valence-electron chi connectivity index (χ1n) is 6.12. The molecule has 0 atom stereocenters. The molecule has 0 bridgehead atoms. The number of nitrogen functional groups attached to an aromatic ring is 1. The molecule has 2 N–H and O–H groups in total. The molecule has 0 saturated heterocycles. The minimum absolute atomic E-state index is 0.0146. The molecule has 1 aliphatic rings. The highest BCUT2D eigenvalue weighted by atomic mass is 79.9. The van der Waals surface area contributed by atoms with Crippen LogP contribution in [0.3, 0.4) is 0 Å². The summed E-state index contributed by atoms with van der Waals surface area (Å²) >= 11 is 3.36. The Bertz CT molecular complexity index is 494. The predicted octanol–water partition coefficient (Wildman–Crippen LogP) is 2.45. The molecule has 0 aliphatic carbocycles. The SMILES string of the molecule is COCC1=CCN(C(=O)c2cc(N)cc(Br)c2)CC1. The van der Waals surface area contributed by atoms with Gasteiger partial charge in [-0.15, -0.1) is 0 Å². The van der Waals surface area contributed by atoms with Crippen molar-refractivity contribution >= 4 is 27.5 Å². The topological polar surface area (TPSA) is 55.6 Å². The van der Waals surface area contributed by atoms with Crippen LogP contribution in [0.15, 0.2) is 34.3 Å². The number of methoxy groups -OCH3 is 1. The average molecular weight is 325 g/mol. The summed E-state index contributed by atoms with van der Waals surface area (Å²) in [4.78, 5) is 14.2. The number of anilines is 1. The number of carbonyl (C=O) groups is 1. The van der Waals surface area contributed by atoms with E-state index < -0.39 is 0 Å². The summed E-state index contributed by atoms with van der Waals surface area (Å²) in [6.45, 7) is 2.00. The van der Waals surface area contributed by atoms with Crippen LogP contribution in [0.5, 0.6) is 0 Å². The zero-order chi connectivity index (χ0) is 13.8. The first-order chi connectivity index (χ1) is 9.10. The third kappa shape index (κ3) is 3.58. The van der Waals surface area contributed by atoms with E-state index >= 15 is 0 Å². The van der Waals surface area contributed by atoms with Crippen LogP contribution in [-0.2, 0) is 4.74 Å². The maximum atomic E-state index is 12.4. The minimum atomic E-state index is 0.0146. The van der Waals surface area contributed by atoms with Gasteiger partial charge in [-0.2, -0.15) is 0 Å². The molecule has 0 aromatic heterocycles. The normalized spacial score (nSPS) is 15.3. The highest BCUT2D eigenvalue weighted by Crippen LogP contribution is 2.20. The Morgan fingerprint density at radius 2 is 2.26 bits per heavy atom. The van der Waals surface area contributed by atoms with E-state index in [9.17, 15) is 4.79 Å². The van der Waals surface area contributed by atoms with Gasteiger partial charge in [0.25, 0.3) is 5.91 Å². The van der Waals surface area contributed by atoms with E-state index in [4.69, 9.17) is 10.5 Å². The molecule has 2 rings (SSSR count). The average Bonchev–Trinajstić information content (AvgIpc) is 2.38. The van der Waals surface area contributed by atoms with E-state index in [1.165, 1.54) is 5.57 Å². The Kier molecular flexibility index (Phi) is 4.61. The molecule has 0 fully saturated rings. The van der Waals surface area contributed by atoms with Crippen LogP contribution in [0.1, 0.15) is 16.8 Å². The van der Waals surface area contributed by atoms with Crippen molar-refractivity contribution in [1.82, 2.24) is 4.90 Å². The molecule has 4 nitrogen and oxygen atoms in total. The van der Waals surface area contributed by atoms with Crippen LogP contribution in [0, 0.1) is 0 Å². The van der Waals surface area contributed by atoms with Gasteiger partial charge < -0.3 is 15.4 Å². The van der Waals surface area contributed by atoms with Crippen LogP contribution in [0.25, 0.3) is 0 Å². The number of hydrogen-bond acceptors (Lipinski definition) is 3. The molecule has 0 saturated carbocycles. The van der Waals surface area contributed by atoms with Crippen LogP contribution in [-0.4, -0.2) is 37.6 Å². The molecular weight excluding hydrogens is 308 g/mol. The highest BCUT2D eigenvalue weighted by molar-refractivity contribution is 9.10. The van der Waals surface area contributed by atoms with E-state index in [0.717, 1.165) is 17.4 Å². The van der Waals surface area contributed by atoms with Crippen molar-refractivity contribution in [2.45, 2.75) is 6.42 Å². The van der Waals surface area contributed by atoms with Gasteiger partial charge in [0.15, 0.2) is 0 Å². The zero-order valence-electron chi connectivity index (χ0n) is 10.9. The first kappa shape index (κ1) is 14.1. The summed E-state index contributed by atoms with van der Waals surface area (Å²) in [6.07, 6.45) is 2.93. The molecule has 0 spiro atoms. The van der Waals surface area contributed by atoms with E-state index in [1.54, 1.807) is 25.3 Å². The van der Waals surface area contributed by atoms with Gasteiger partial charge in [-0.25, -0.2) is 0 Å². The molecule has 1 aliphatic heterocycles. The van der Waals surface area contributed by atoms with Crippen molar-refractivity contribution in [2.75, 3.05) is 32.5 Å². The maximum Gasteiger partial charge on any atom is 0.254 e. The number of nitrogens with zero attached hydrogens (tertiary/aromatic N) is 1. The van der Waals surface area contributed by atoms with Gasteiger partial charge >= 0.3 is 0 Å². The van der Waals surface area contributed by atoms with Crippen molar-refractivity contribution in [2.24, 2.45) is 0 Å². The molecule has 1 heterocycles. The third-order valence-corrected chi connectivity index (χ3v) is 3.55. The second-order valence-electron chi connectivity index (χ2n) is 4.57. The Hall–Kier alpha value is -1.33. The molecule has 1 amide bonds. The van der Waals surface area contributed by atoms with Crippen molar-refractivity contribution in [3.8, 4) is 0 Å². The fraction of sp³-hybridized carbons (Fsp3) is 0.357. The van der Waals surface area contributed by atoms with Crippen molar-refractivity contribution < 1.29 is 9.53 Å². The molecule has 1 aromatic rings. The Labute approximate surface area is 121 Å². The van der Waals surface area contributed by atoms with Gasteiger partial charge in [0.2, 0.25) is 0 Å². The van der Waals surface area contributed by atoms with Crippen molar-refractivity contribution in [3.63, 3.8) is 0 Å². The minimum Gasteiger partial charge on any atom is -0.399 e. The van der Waals surface area contributed by atoms with E-state index in [-0.39, 0.29) is 5.91 Å². The number of carbonyl (C=O) groups excluding carboxylic acids is 1. The smallest absolute Gasteiger partial charge is 0.254 e. The lowest BCUT2D eigenvalue weighted by Gasteiger charge is -2.26. The number of nitrogens with two attached hydrogens (primary N) is 1. The summed E-state index contributed by atoms with van der Waals surface area (Å²) in [5, 5.41) is 0. The predicted molar refractivity (Wildman–Crippen MR) is 79.0 cm³/mol. The number of benzene rings is 1. The summed E-state index contributed by atoms with van der Waals surface area (Å²) in [5.41, 5.74) is 8.22. The molecule has 1 aromatic carbocycles. The van der Waals surface area contributed by atoms with E-state index in [1.807, 2.05) is 4.90 Å².